The number of carbonyl (C=O) groups excluding carboxylic acids is 2. The lowest BCUT2D eigenvalue weighted by atomic mass is 10.1. The van der Waals surface area contributed by atoms with Gasteiger partial charge in [0.15, 0.2) is 6.61 Å². The van der Waals surface area contributed by atoms with Gasteiger partial charge in [-0.3, -0.25) is 4.79 Å². The van der Waals surface area contributed by atoms with Crippen LogP contribution >= 0.6 is 0 Å². The quantitative estimate of drug-likeness (QED) is 0.788. The van der Waals surface area contributed by atoms with E-state index < -0.39 is 28.1 Å². The van der Waals surface area contributed by atoms with Gasteiger partial charge in [0.1, 0.15) is 5.75 Å². The summed E-state index contributed by atoms with van der Waals surface area (Å²) in [4.78, 5) is 24.7. The van der Waals surface area contributed by atoms with Gasteiger partial charge in [-0.1, -0.05) is 30.3 Å². The van der Waals surface area contributed by atoms with Crippen molar-refractivity contribution in [3.63, 3.8) is 0 Å². The van der Waals surface area contributed by atoms with E-state index in [9.17, 15) is 18.0 Å². The number of amides is 2. The molecule has 4 rings (SSSR count). The van der Waals surface area contributed by atoms with E-state index in [-0.39, 0.29) is 18.0 Å². The molecule has 1 N–H and O–H groups in total. The minimum absolute atomic E-state index is 0.105. The summed E-state index contributed by atoms with van der Waals surface area (Å²) in [5, 5.41) is 0. The molecule has 2 amide bonds. The first kappa shape index (κ1) is 18.5. The van der Waals surface area contributed by atoms with Crippen LogP contribution in [0.1, 0.15) is 17.2 Å². The van der Waals surface area contributed by atoms with Gasteiger partial charge in [-0.2, -0.15) is 0 Å². The first-order valence-electron chi connectivity index (χ1n) is 8.74. The minimum Gasteiger partial charge on any atom is -0.493 e. The summed E-state index contributed by atoms with van der Waals surface area (Å²) in [6.45, 7) is 0.0327. The summed E-state index contributed by atoms with van der Waals surface area (Å²) < 4.78 is 38.7. The molecule has 8 nitrogen and oxygen atoms in total. The van der Waals surface area contributed by atoms with Crippen molar-refractivity contribution in [1.82, 2.24) is 9.62 Å². The molecule has 1 atom stereocenters. The Morgan fingerprint density at radius 2 is 1.86 bits per heavy atom. The number of ether oxygens (including phenoxy) is 2. The van der Waals surface area contributed by atoms with Crippen LogP contribution in [0.15, 0.2) is 53.4 Å². The highest BCUT2D eigenvalue weighted by Gasteiger charge is 2.35. The lowest BCUT2D eigenvalue weighted by Crippen LogP contribution is -2.40. The number of hydrogen-bond donors (Lipinski definition) is 1. The Morgan fingerprint density at radius 1 is 1.07 bits per heavy atom. The number of fused-ring (bicyclic) bond motifs is 1. The van der Waals surface area contributed by atoms with Crippen molar-refractivity contribution >= 4 is 22.0 Å². The van der Waals surface area contributed by atoms with Gasteiger partial charge >= 0.3 is 6.09 Å². The van der Waals surface area contributed by atoms with Crippen LogP contribution in [-0.2, 0) is 26.0 Å². The van der Waals surface area contributed by atoms with Gasteiger partial charge in [0.2, 0.25) is 10.0 Å². The van der Waals surface area contributed by atoms with Crippen LogP contribution in [0.5, 0.6) is 5.75 Å². The molecule has 1 unspecified atom stereocenters. The first-order valence-corrected chi connectivity index (χ1v) is 10.2. The summed E-state index contributed by atoms with van der Waals surface area (Å²) >= 11 is 0. The molecule has 0 spiro atoms. The normalized spacial score (nSPS) is 17.2. The zero-order valence-corrected chi connectivity index (χ0v) is 15.6. The SMILES string of the molecule is O=C1COC(=O)N1CC(NS(=O)(=O)c1ccc2c(c1)CCO2)c1ccccc1. The zero-order valence-electron chi connectivity index (χ0n) is 14.8. The molecule has 146 valence electrons. The summed E-state index contributed by atoms with van der Waals surface area (Å²) in [5.41, 5.74) is 1.46. The Labute approximate surface area is 162 Å². The molecule has 28 heavy (non-hydrogen) atoms. The number of rotatable bonds is 6. The van der Waals surface area contributed by atoms with Crippen molar-refractivity contribution in [3.05, 3.63) is 59.7 Å². The lowest BCUT2D eigenvalue weighted by Gasteiger charge is -2.22. The molecule has 2 aromatic rings. The second-order valence-electron chi connectivity index (χ2n) is 6.51. The zero-order chi connectivity index (χ0) is 19.7. The van der Waals surface area contributed by atoms with Crippen LogP contribution in [0.25, 0.3) is 0 Å². The molecular weight excluding hydrogens is 384 g/mol. The average Bonchev–Trinajstić information content (AvgIpc) is 3.29. The van der Waals surface area contributed by atoms with Crippen molar-refractivity contribution in [2.75, 3.05) is 19.8 Å². The summed E-state index contributed by atoms with van der Waals surface area (Å²) in [7, 11) is -3.90. The maximum Gasteiger partial charge on any atom is 0.417 e. The van der Waals surface area contributed by atoms with E-state index in [0.717, 1.165) is 10.5 Å². The Hall–Kier alpha value is -2.91. The van der Waals surface area contributed by atoms with Crippen molar-refractivity contribution in [2.45, 2.75) is 17.4 Å². The third-order valence-electron chi connectivity index (χ3n) is 4.68. The predicted octanol–water partition coefficient (Wildman–Crippen LogP) is 1.62. The molecule has 0 aliphatic carbocycles. The van der Waals surface area contributed by atoms with Crippen molar-refractivity contribution in [2.24, 2.45) is 0 Å². The maximum atomic E-state index is 13.0. The number of hydrogen-bond acceptors (Lipinski definition) is 6. The molecular formula is C19H18N2O6S. The molecule has 1 saturated heterocycles. The van der Waals surface area contributed by atoms with Crippen LogP contribution in [0.2, 0.25) is 0 Å². The average molecular weight is 402 g/mol. The van der Waals surface area contributed by atoms with Crippen LogP contribution in [-0.4, -0.2) is 45.1 Å². The van der Waals surface area contributed by atoms with Gasteiger partial charge in [0.25, 0.3) is 5.91 Å². The topological polar surface area (TPSA) is 102 Å². The fraction of sp³-hybridized carbons (Fsp3) is 0.263. The van der Waals surface area contributed by atoms with E-state index >= 15 is 0 Å². The number of sulfonamides is 1. The number of cyclic esters (lactones) is 1. The van der Waals surface area contributed by atoms with E-state index in [1.165, 1.54) is 6.07 Å². The van der Waals surface area contributed by atoms with Gasteiger partial charge in [-0.05, 0) is 29.3 Å². The highest BCUT2D eigenvalue weighted by molar-refractivity contribution is 7.89. The standard InChI is InChI=1S/C19H18N2O6S/c22-18-12-27-19(23)21(18)11-16(13-4-2-1-3-5-13)20-28(24,25)15-6-7-17-14(10-15)8-9-26-17/h1-7,10,16,20H,8-9,11-12H2. The molecule has 0 aromatic heterocycles. The number of carbonyl (C=O) groups is 2. The highest BCUT2D eigenvalue weighted by Crippen LogP contribution is 2.28. The van der Waals surface area contributed by atoms with Crippen LogP contribution < -0.4 is 9.46 Å². The Bertz CT molecular complexity index is 1010. The van der Waals surface area contributed by atoms with Crippen molar-refractivity contribution in [3.8, 4) is 5.75 Å². The Kier molecular flexibility index (Phi) is 4.78. The maximum absolute atomic E-state index is 13.0. The smallest absolute Gasteiger partial charge is 0.417 e. The van der Waals surface area contributed by atoms with E-state index in [2.05, 4.69) is 4.72 Å². The van der Waals surface area contributed by atoms with E-state index in [1.54, 1.807) is 42.5 Å². The molecule has 0 radical (unpaired) electrons. The Balaban J connectivity index is 1.63. The summed E-state index contributed by atoms with van der Waals surface area (Å²) in [6, 6.07) is 12.7. The second-order valence-corrected chi connectivity index (χ2v) is 8.23. The molecule has 9 heteroatoms. The van der Waals surface area contributed by atoms with Gasteiger partial charge in [-0.15, -0.1) is 0 Å². The third kappa shape index (κ3) is 3.58. The molecule has 2 aliphatic rings. The molecule has 2 aromatic carbocycles. The second kappa shape index (κ2) is 7.25. The number of nitrogens with one attached hydrogen (secondary N) is 1. The van der Waals surface area contributed by atoms with E-state index in [1.807, 2.05) is 0 Å². The van der Waals surface area contributed by atoms with Crippen LogP contribution in [0.3, 0.4) is 0 Å². The van der Waals surface area contributed by atoms with E-state index in [4.69, 9.17) is 9.47 Å². The first-order chi connectivity index (χ1) is 13.4. The Morgan fingerprint density at radius 3 is 2.57 bits per heavy atom. The summed E-state index contributed by atoms with van der Waals surface area (Å²) in [6.07, 6.45) is -0.130. The fourth-order valence-electron chi connectivity index (χ4n) is 3.22. The third-order valence-corrected chi connectivity index (χ3v) is 6.15. The number of imide groups is 1. The van der Waals surface area contributed by atoms with Gasteiger partial charge < -0.3 is 9.47 Å². The molecule has 2 aliphatic heterocycles. The van der Waals surface area contributed by atoms with Crippen molar-refractivity contribution < 1.29 is 27.5 Å². The monoisotopic (exact) mass is 402 g/mol. The van der Waals surface area contributed by atoms with Gasteiger partial charge in [-0.25, -0.2) is 22.8 Å². The number of benzene rings is 2. The van der Waals surface area contributed by atoms with Crippen LogP contribution in [0, 0.1) is 0 Å². The van der Waals surface area contributed by atoms with Gasteiger partial charge in [0, 0.05) is 6.42 Å². The minimum atomic E-state index is -3.90. The number of nitrogens with zero attached hydrogens (tertiary/aromatic N) is 1. The highest BCUT2D eigenvalue weighted by atomic mass is 32.2. The fourth-order valence-corrected chi connectivity index (χ4v) is 4.49. The molecule has 1 fully saturated rings. The van der Waals surface area contributed by atoms with Crippen molar-refractivity contribution in [1.29, 1.82) is 0 Å². The molecule has 0 bridgehead atoms. The lowest BCUT2D eigenvalue weighted by molar-refractivity contribution is -0.126. The predicted molar refractivity (Wildman–Crippen MR) is 98.2 cm³/mol. The summed E-state index contributed by atoms with van der Waals surface area (Å²) in [5.74, 6) is 0.184. The van der Waals surface area contributed by atoms with Gasteiger partial charge in [0.05, 0.1) is 24.1 Å². The van der Waals surface area contributed by atoms with Crippen LogP contribution in [0.4, 0.5) is 4.79 Å². The molecule has 0 saturated carbocycles. The largest absolute Gasteiger partial charge is 0.493 e. The van der Waals surface area contributed by atoms with E-state index in [0.29, 0.717) is 24.3 Å². The molecule has 2 heterocycles.